The van der Waals surface area contributed by atoms with E-state index in [1.807, 2.05) is 0 Å². The van der Waals surface area contributed by atoms with E-state index in [2.05, 4.69) is 57.5 Å². The molecular formula is C16H25BrN2. The van der Waals surface area contributed by atoms with Crippen LogP contribution in [0.4, 0.5) is 0 Å². The lowest BCUT2D eigenvalue weighted by Gasteiger charge is -2.18. The highest BCUT2D eigenvalue weighted by Crippen LogP contribution is 2.23. The highest BCUT2D eigenvalue weighted by molar-refractivity contribution is 9.10. The van der Waals surface area contributed by atoms with Crippen molar-refractivity contribution in [1.82, 2.24) is 10.2 Å². The maximum absolute atomic E-state index is 3.60. The number of halogens is 1. The van der Waals surface area contributed by atoms with E-state index in [1.54, 1.807) is 0 Å². The van der Waals surface area contributed by atoms with Gasteiger partial charge in [0.1, 0.15) is 0 Å². The number of rotatable bonds is 7. The molecule has 1 aliphatic rings. The van der Waals surface area contributed by atoms with Crippen LogP contribution in [0.1, 0.15) is 31.2 Å². The molecule has 0 amide bonds. The van der Waals surface area contributed by atoms with Gasteiger partial charge in [-0.2, -0.15) is 0 Å². The third-order valence-electron chi connectivity index (χ3n) is 3.94. The molecule has 0 atom stereocenters. The molecule has 1 saturated carbocycles. The van der Waals surface area contributed by atoms with Crippen LogP contribution in [0.25, 0.3) is 0 Å². The van der Waals surface area contributed by atoms with E-state index in [-0.39, 0.29) is 0 Å². The van der Waals surface area contributed by atoms with Crippen molar-refractivity contribution in [3.63, 3.8) is 0 Å². The van der Waals surface area contributed by atoms with Gasteiger partial charge >= 0.3 is 0 Å². The standard InChI is InChI=1S/C16H25BrN2/c1-19(13-15-6-8-16(17)9-7-15)11-10-18-12-14-4-2-3-5-14/h6-9,14,18H,2-5,10-13H2,1H3. The fraction of sp³-hybridized carbons (Fsp3) is 0.625. The third kappa shape index (κ3) is 5.64. The average molecular weight is 325 g/mol. The average Bonchev–Trinajstić information content (AvgIpc) is 2.91. The first kappa shape index (κ1) is 15.0. The van der Waals surface area contributed by atoms with Crippen LogP contribution in [-0.2, 0) is 6.54 Å². The Kier molecular flexibility index (Phi) is 6.35. The summed E-state index contributed by atoms with van der Waals surface area (Å²) in [5, 5.41) is 3.60. The number of benzene rings is 1. The van der Waals surface area contributed by atoms with Gasteiger partial charge in [-0.25, -0.2) is 0 Å². The minimum Gasteiger partial charge on any atom is -0.315 e. The summed E-state index contributed by atoms with van der Waals surface area (Å²) in [5.74, 6) is 0.941. The topological polar surface area (TPSA) is 15.3 Å². The minimum absolute atomic E-state index is 0.941. The number of nitrogens with zero attached hydrogens (tertiary/aromatic N) is 1. The number of hydrogen-bond donors (Lipinski definition) is 1. The normalized spacial score (nSPS) is 16.4. The fourth-order valence-corrected chi connectivity index (χ4v) is 3.04. The Morgan fingerprint density at radius 3 is 2.58 bits per heavy atom. The zero-order valence-corrected chi connectivity index (χ0v) is 13.5. The van der Waals surface area contributed by atoms with Gasteiger partial charge in [0, 0.05) is 24.1 Å². The van der Waals surface area contributed by atoms with Crippen molar-refractivity contribution < 1.29 is 0 Å². The smallest absolute Gasteiger partial charge is 0.0231 e. The third-order valence-corrected chi connectivity index (χ3v) is 4.47. The molecule has 0 saturated heterocycles. The Labute approximate surface area is 125 Å². The zero-order chi connectivity index (χ0) is 13.5. The quantitative estimate of drug-likeness (QED) is 0.770. The first-order valence-corrected chi connectivity index (χ1v) is 8.17. The molecule has 2 rings (SSSR count). The van der Waals surface area contributed by atoms with E-state index in [4.69, 9.17) is 0 Å². The predicted molar refractivity (Wildman–Crippen MR) is 85.3 cm³/mol. The van der Waals surface area contributed by atoms with Crippen LogP contribution in [0.3, 0.4) is 0 Å². The van der Waals surface area contributed by atoms with E-state index >= 15 is 0 Å². The summed E-state index contributed by atoms with van der Waals surface area (Å²) in [7, 11) is 2.19. The molecule has 0 radical (unpaired) electrons. The van der Waals surface area contributed by atoms with Crippen LogP contribution >= 0.6 is 15.9 Å². The van der Waals surface area contributed by atoms with E-state index < -0.39 is 0 Å². The van der Waals surface area contributed by atoms with Crippen molar-refractivity contribution in [1.29, 1.82) is 0 Å². The molecule has 1 aliphatic carbocycles. The maximum atomic E-state index is 3.60. The molecule has 1 fully saturated rings. The Hall–Kier alpha value is -0.380. The highest BCUT2D eigenvalue weighted by atomic mass is 79.9. The lowest BCUT2D eigenvalue weighted by molar-refractivity contribution is 0.319. The summed E-state index contributed by atoms with van der Waals surface area (Å²) >= 11 is 3.47. The Bertz CT molecular complexity index is 358. The van der Waals surface area contributed by atoms with E-state index in [1.165, 1.54) is 37.8 Å². The van der Waals surface area contributed by atoms with Gasteiger partial charge in [0.2, 0.25) is 0 Å². The molecule has 19 heavy (non-hydrogen) atoms. The van der Waals surface area contributed by atoms with Crippen LogP contribution < -0.4 is 5.32 Å². The Balaban J connectivity index is 1.58. The van der Waals surface area contributed by atoms with Crippen molar-refractivity contribution in [2.45, 2.75) is 32.2 Å². The van der Waals surface area contributed by atoms with Gasteiger partial charge < -0.3 is 10.2 Å². The van der Waals surface area contributed by atoms with Crippen molar-refractivity contribution in [3.05, 3.63) is 34.3 Å². The molecule has 3 heteroatoms. The van der Waals surface area contributed by atoms with Crippen LogP contribution in [0, 0.1) is 5.92 Å². The van der Waals surface area contributed by atoms with E-state index in [9.17, 15) is 0 Å². The summed E-state index contributed by atoms with van der Waals surface area (Å²) in [4.78, 5) is 2.38. The molecule has 0 heterocycles. The van der Waals surface area contributed by atoms with Gasteiger partial charge in [-0.05, 0) is 50.0 Å². The fourth-order valence-electron chi connectivity index (χ4n) is 2.77. The molecule has 0 bridgehead atoms. The van der Waals surface area contributed by atoms with Crippen molar-refractivity contribution in [2.24, 2.45) is 5.92 Å². The second-order valence-corrected chi connectivity index (χ2v) is 6.63. The SMILES string of the molecule is CN(CCNCC1CCCC1)Cc1ccc(Br)cc1. The molecule has 1 N–H and O–H groups in total. The minimum atomic E-state index is 0.941. The predicted octanol–water partition coefficient (Wildman–Crippen LogP) is 3.66. The second-order valence-electron chi connectivity index (χ2n) is 5.72. The summed E-state index contributed by atoms with van der Waals surface area (Å²) in [6.07, 6.45) is 5.75. The van der Waals surface area contributed by atoms with Crippen molar-refractivity contribution in [3.8, 4) is 0 Å². The van der Waals surface area contributed by atoms with Gasteiger partial charge in [0.25, 0.3) is 0 Å². The molecular weight excluding hydrogens is 300 g/mol. The number of likely N-dealkylation sites (N-methyl/N-ethyl adjacent to an activating group) is 1. The van der Waals surface area contributed by atoms with Crippen molar-refractivity contribution >= 4 is 15.9 Å². The molecule has 0 unspecified atom stereocenters. The van der Waals surface area contributed by atoms with Gasteiger partial charge in [-0.1, -0.05) is 40.9 Å². The Morgan fingerprint density at radius 1 is 1.21 bits per heavy atom. The number of hydrogen-bond acceptors (Lipinski definition) is 2. The maximum Gasteiger partial charge on any atom is 0.0231 e. The zero-order valence-electron chi connectivity index (χ0n) is 11.9. The van der Waals surface area contributed by atoms with Crippen LogP contribution in [-0.4, -0.2) is 31.6 Å². The van der Waals surface area contributed by atoms with Gasteiger partial charge in [0.15, 0.2) is 0 Å². The first-order valence-electron chi connectivity index (χ1n) is 7.38. The molecule has 1 aromatic rings. The first-order chi connectivity index (χ1) is 9.24. The number of nitrogens with one attached hydrogen (secondary N) is 1. The summed E-state index contributed by atoms with van der Waals surface area (Å²) < 4.78 is 1.15. The molecule has 1 aromatic carbocycles. The van der Waals surface area contributed by atoms with Gasteiger partial charge in [-0.15, -0.1) is 0 Å². The van der Waals surface area contributed by atoms with Gasteiger partial charge in [-0.3, -0.25) is 0 Å². The Morgan fingerprint density at radius 2 is 1.89 bits per heavy atom. The molecule has 2 nitrogen and oxygen atoms in total. The molecule has 0 aromatic heterocycles. The molecule has 0 spiro atoms. The van der Waals surface area contributed by atoms with Crippen LogP contribution in [0.15, 0.2) is 28.7 Å². The van der Waals surface area contributed by atoms with Crippen LogP contribution in [0.2, 0.25) is 0 Å². The molecule has 0 aliphatic heterocycles. The highest BCUT2D eigenvalue weighted by Gasteiger charge is 2.13. The van der Waals surface area contributed by atoms with E-state index in [0.29, 0.717) is 0 Å². The largest absolute Gasteiger partial charge is 0.315 e. The lowest BCUT2D eigenvalue weighted by atomic mass is 10.1. The summed E-state index contributed by atoms with van der Waals surface area (Å²) in [5.41, 5.74) is 1.38. The second kappa shape index (κ2) is 8.03. The lowest BCUT2D eigenvalue weighted by Crippen LogP contribution is -2.31. The van der Waals surface area contributed by atoms with Crippen molar-refractivity contribution in [2.75, 3.05) is 26.7 Å². The van der Waals surface area contributed by atoms with E-state index in [0.717, 1.165) is 30.0 Å². The summed E-state index contributed by atoms with van der Waals surface area (Å²) in [6, 6.07) is 8.60. The summed E-state index contributed by atoms with van der Waals surface area (Å²) in [6.45, 7) is 4.46. The van der Waals surface area contributed by atoms with Gasteiger partial charge in [0.05, 0.1) is 0 Å². The monoisotopic (exact) mass is 324 g/mol. The molecule has 106 valence electrons. The van der Waals surface area contributed by atoms with Crippen LogP contribution in [0.5, 0.6) is 0 Å².